The predicted molar refractivity (Wildman–Crippen MR) is 108 cm³/mol. The van der Waals surface area contributed by atoms with Crippen molar-refractivity contribution in [3.05, 3.63) is 77.5 Å². The minimum atomic E-state index is -1.00. The van der Waals surface area contributed by atoms with E-state index in [-0.39, 0.29) is 0 Å². The summed E-state index contributed by atoms with van der Waals surface area (Å²) < 4.78 is 6.66. The Labute approximate surface area is 167 Å². The molecule has 28 heavy (non-hydrogen) atoms. The number of nitrogens with zero attached hydrogens (tertiary/aromatic N) is 2. The number of carbonyl (C=O) groups is 2. The summed E-state index contributed by atoms with van der Waals surface area (Å²) in [5, 5.41) is 5.26. The molecule has 1 amide bonds. The van der Waals surface area contributed by atoms with E-state index in [1.807, 2.05) is 42.5 Å². The van der Waals surface area contributed by atoms with Crippen molar-refractivity contribution in [2.75, 3.05) is 0 Å². The molecule has 1 aromatic heterocycles. The average molecular weight is 396 g/mol. The number of halogens is 1. The fourth-order valence-corrected chi connectivity index (χ4v) is 2.61. The van der Waals surface area contributed by atoms with Crippen molar-refractivity contribution < 1.29 is 14.3 Å². The summed E-state index contributed by atoms with van der Waals surface area (Å²) in [7, 11) is 0. The van der Waals surface area contributed by atoms with Crippen LogP contribution in [0.5, 0.6) is 0 Å². The first-order valence-electron chi connectivity index (χ1n) is 8.53. The van der Waals surface area contributed by atoms with Crippen LogP contribution in [0.25, 0.3) is 23.0 Å². The number of hydrogen-bond acceptors (Lipinski definition) is 4. The lowest BCUT2D eigenvalue weighted by molar-refractivity contribution is -0.148. The van der Waals surface area contributed by atoms with Crippen LogP contribution >= 0.6 is 11.6 Å². The van der Waals surface area contributed by atoms with Gasteiger partial charge in [-0.15, -0.1) is 0 Å². The number of primary amides is 1. The van der Waals surface area contributed by atoms with Gasteiger partial charge in [0.1, 0.15) is 0 Å². The highest BCUT2D eigenvalue weighted by Crippen LogP contribution is 2.26. The summed E-state index contributed by atoms with van der Waals surface area (Å²) in [4.78, 5) is 23.0. The number of rotatable bonds is 6. The van der Waals surface area contributed by atoms with Gasteiger partial charge in [-0.2, -0.15) is 5.10 Å². The van der Waals surface area contributed by atoms with Crippen LogP contribution in [0.4, 0.5) is 0 Å². The number of carbonyl (C=O) groups excluding carboxylic acids is 2. The summed E-state index contributed by atoms with van der Waals surface area (Å²) in [6.07, 6.45) is 3.64. The molecule has 0 radical (unpaired) electrons. The largest absolute Gasteiger partial charge is 0.449 e. The summed E-state index contributed by atoms with van der Waals surface area (Å²) >= 11 is 5.98. The monoisotopic (exact) mass is 395 g/mol. The van der Waals surface area contributed by atoms with E-state index < -0.39 is 18.0 Å². The van der Waals surface area contributed by atoms with Gasteiger partial charge in [0.15, 0.2) is 6.10 Å². The van der Waals surface area contributed by atoms with E-state index in [2.05, 4.69) is 5.10 Å². The number of amides is 1. The molecule has 0 aliphatic heterocycles. The third-order valence-electron chi connectivity index (χ3n) is 3.97. The topological polar surface area (TPSA) is 87.2 Å². The molecule has 7 heteroatoms. The molecule has 0 saturated carbocycles. The van der Waals surface area contributed by atoms with Crippen LogP contribution < -0.4 is 5.73 Å². The number of esters is 1. The fourth-order valence-electron chi connectivity index (χ4n) is 2.48. The minimum Gasteiger partial charge on any atom is -0.449 e. The lowest BCUT2D eigenvalue weighted by Crippen LogP contribution is -2.29. The van der Waals surface area contributed by atoms with Crippen LogP contribution in [0.15, 0.2) is 66.9 Å². The number of nitrogens with two attached hydrogens (primary N) is 1. The standard InChI is InChI=1S/C21H18ClN3O3/c1-14(21(23)27)28-19(26)12-9-16-13-25(18-5-3-2-4-6-18)24-20(16)15-7-10-17(22)11-8-15/h2-14H,1H3,(H2,23,27)/b12-9+/t14-/m1/s1. The molecule has 3 aromatic rings. The van der Waals surface area contributed by atoms with Gasteiger partial charge in [-0.05, 0) is 37.3 Å². The molecule has 0 spiro atoms. The van der Waals surface area contributed by atoms with Crippen LogP contribution in [-0.2, 0) is 14.3 Å². The van der Waals surface area contributed by atoms with Crippen molar-refractivity contribution in [3.63, 3.8) is 0 Å². The number of ether oxygens (including phenoxy) is 1. The van der Waals surface area contributed by atoms with E-state index in [4.69, 9.17) is 22.1 Å². The van der Waals surface area contributed by atoms with Crippen LogP contribution in [0, 0.1) is 0 Å². The second kappa shape index (κ2) is 8.54. The molecular weight excluding hydrogens is 378 g/mol. The summed E-state index contributed by atoms with van der Waals surface area (Å²) in [6, 6.07) is 16.8. The van der Waals surface area contributed by atoms with Crippen molar-refractivity contribution in [2.45, 2.75) is 13.0 Å². The molecule has 1 atom stereocenters. The fraction of sp³-hybridized carbons (Fsp3) is 0.0952. The Morgan fingerprint density at radius 2 is 1.82 bits per heavy atom. The van der Waals surface area contributed by atoms with E-state index in [1.54, 1.807) is 29.1 Å². The summed E-state index contributed by atoms with van der Waals surface area (Å²) in [5.41, 5.74) is 8.21. The molecule has 2 aromatic carbocycles. The Morgan fingerprint density at radius 1 is 1.14 bits per heavy atom. The van der Waals surface area contributed by atoms with Crippen molar-refractivity contribution in [3.8, 4) is 16.9 Å². The molecule has 2 N–H and O–H groups in total. The maximum absolute atomic E-state index is 11.9. The minimum absolute atomic E-state index is 0.618. The van der Waals surface area contributed by atoms with Gasteiger partial charge in [0.05, 0.1) is 11.4 Å². The summed E-state index contributed by atoms with van der Waals surface area (Å²) in [6.45, 7) is 1.42. The Morgan fingerprint density at radius 3 is 2.46 bits per heavy atom. The Balaban J connectivity index is 1.95. The quantitative estimate of drug-likeness (QED) is 0.510. The molecule has 0 saturated heterocycles. The van der Waals surface area contributed by atoms with E-state index in [0.717, 1.165) is 11.3 Å². The summed E-state index contributed by atoms with van der Waals surface area (Å²) in [5.74, 6) is -1.37. The van der Waals surface area contributed by atoms with Crippen molar-refractivity contribution in [1.82, 2.24) is 9.78 Å². The van der Waals surface area contributed by atoms with Crippen molar-refractivity contribution in [2.24, 2.45) is 5.73 Å². The molecule has 1 heterocycles. The van der Waals surface area contributed by atoms with Gasteiger partial charge >= 0.3 is 5.97 Å². The first-order chi connectivity index (χ1) is 13.4. The lowest BCUT2D eigenvalue weighted by Gasteiger charge is -2.06. The van der Waals surface area contributed by atoms with Crippen molar-refractivity contribution in [1.29, 1.82) is 0 Å². The zero-order chi connectivity index (χ0) is 20.1. The van der Waals surface area contributed by atoms with Crippen LogP contribution in [0.3, 0.4) is 0 Å². The second-order valence-corrected chi connectivity index (χ2v) is 6.47. The van der Waals surface area contributed by atoms with Gasteiger partial charge < -0.3 is 10.5 Å². The van der Waals surface area contributed by atoms with E-state index >= 15 is 0 Å². The maximum atomic E-state index is 11.9. The number of benzene rings is 2. The highest BCUT2D eigenvalue weighted by atomic mass is 35.5. The zero-order valence-corrected chi connectivity index (χ0v) is 15.8. The highest BCUT2D eigenvalue weighted by Gasteiger charge is 2.14. The molecule has 0 unspecified atom stereocenters. The Hall–Kier alpha value is -3.38. The molecular formula is C21H18ClN3O3. The molecule has 0 fully saturated rings. The number of para-hydroxylation sites is 1. The third-order valence-corrected chi connectivity index (χ3v) is 4.23. The molecule has 142 valence electrons. The highest BCUT2D eigenvalue weighted by molar-refractivity contribution is 6.30. The van der Waals surface area contributed by atoms with Gasteiger partial charge in [-0.1, -0.05) is 41.9 Å². The number of hydrogen-bond donors (Lipinski definition) is 1. The molecule has 0 aliphatic rings. The van der Waals surface area contributed by atoms with Crippen molar-refractivity contribution >= 4 is 29.6 Å². The van der Waals surface area contributed by atoms with Gasteiger partial charge in [0.2, 0.25) is 0 Å². The number of aromatic nitrogens is 2. The predicted octanol–water partition coefficient (Wildman–Crippen LogP) is 3.62. The van der Waals surface area contributed by atoms with E-state index in [0.29, 0.717) is 16.3 Å². The van der Waals surface area contributed by atoms with Gasteiger partial charge in [-0.25, -0.2) is 9.48 Å². The second-order valence-electron chi connectivity index (χ2n) is 6.03. The van der Waals surface area contributed by atoms with Crippen LogP contribution in [-0.4, -0.2) is 27.8 Å². The maximum Gasteiger partial charge on any atom is 0.331 e. The van der Waals surface area contributed by atoms with Gasteiger partial charge in [0.25, 0.3) is 5.91 Å². The van der Waals surface area contributed by atoms with Crippen LogP contribution in [0.2, 0.25) is 5.02 Å². The zero-order valence-electron chi connectivity index (χ0n) is 15.1. The average Bonchev–Trinajstić information content (AvgIpc) is 3.12. The van der Waals surface area contributed by atoms with E-state index in [1.165, 1.54) is 13.0 Å². The molecule has 3 rings (SSSR count). The smallest absolute Gasteiger partial charge is 0.331 e. The van der Waals surface area contributed by atoms with Gasteiger partial charge in [-0.3, -0.25) is 4.79 Å². The Kier molecular flexibility index (Phi) is 5.91. The van der Waals surface area contributed by atoms with Gasteiger partial charge in [0, 0.05) is 28.4 Å². The normalized spacial score (nSPS) is 12.1. The molecule has 0 aliphatic carbocycles. The molecule has 6 nitrogen and oxygen atoms in total. The first kappa shape index (κ1) is 19.4. The lowest BCUT2D eigenvalue weighted by atomic mass is 10.1. The first-order valence-corrected chi connectivity index (χ1v) is 8.91. The van der Waals surface area contributed by atoms with Crippen LogP contribution in [0.1, 0.15) is 12.5 Å². The third kappa shape index (κ3) is 4.66. The Bertz CT molecular complexity index is 1010. The van der Waals surface area contributed by atoms with E-state index in [9.17, 15) is 9.59 Å². The molecule has 0 bridgehead atoms. The SMILES string of the molecule is C[C@@H](OC(=O)/C=C/c1cn(-c2ccccc2)nc1-c1ccc(Cl)cc1)C(N)=O.